The summed E-state index contributed by atoms with van der Waals surface area (Å²) in [6, 6.07) is 7.16. The molecule has 0 aliphatic heterocycles. The normalized spacial score (nSPS) is 10.9. The largest absolute Gasteiger partial charge is 0.309 e. The summed E-state index contributed by atoms with van der Waals surface area (Å²) in [7, 11) is 3.84. The first-order valence-corrected chi connectivity index (χ1v) is 9.14. The molecule has 1 heterocycles. The molecule has 3 rings (SSSR count). The van der Waals surface area contributed by atoms with E-state index in [0.717, 1.165) is 23.9 Å². The van der Waals surface area contributed by atoms with Crippen LogP contribution in [0.5, 0.6) is 0 Å². The molecule has 0 unspecified atom stereocenters. The van der Waals surface area contributed by atoms with Gasteiger partial charge in [-0.25, -0.2) is 18.2 Å². The monoisotopic (exact) mass is 429 g/mol. The standard InChI is InChI=1S/C19H18F3N3OS.ClH/c1-24(2)8-3-9-25(18(26)12-4-6-13(20)7-5-12)19-23-17-15(22)10-14(21)11-16(17)27-19;/h4-7,10-11H,3,8-9H2,1-2H3;1H. The first kappa shape index (κ1) is 22.1. The third-order valence-electron chi connectivity index (χ3n) is 3.96. The van der Waals surface area contributed by atoms with Crippen LogP contribution in [-0.4, -0.2) is 43.0 Å². The molecule has 0 atom stereocenters. The number of anilines is 1. The van der Waals surface area contributed by atoms with Gasteiger partial charge in [-0.05, 0) is 57.4 Å². The van der Waals surface area contributed by atoms with Crippen molar-refractivity contribution in [3.63, 3.8) is 0 Å². The van der Waals surface area contributed by atoms with E-state index in [4.69, 9.17) is 0 Å². The van der Waals surface area contributed by atoms with Crippen molar-refractivity contribution in [2.24, 2.45) is 0 Å². The predicted octanol–water partition coefficient (Wildman–Crippen LogP) is 4.73. The van der Waals surface area contributed by atoms with Crippen molar-refractivity contribution in [2.45, 2.75) is 6.42 Å². The van der Waals surface area contributed by atoms with E-state index >= 15 is 0 Å². The number of fused-ring (bicyclic) bond motifs is 1. The van der Waals surface area contributed by atoms with Gasteiger partial charge in [0.2, 0.25) is 0 Å². The molecule has 0 saturated carbocycles. The number of rotatable bonds is 6. The molecule has 4 nitrogen and oxygen atoms in total. The molecule has 2 aromatic carbocycles. The molecule has 0 aliphatic carbocycles. The van der Waals surface area contributed by atoms with Crippen LogP contribution in [0.1, 0.15) is 16.8 Å². The first-order chi connectivity index (χ1) is 12.8. The Balaban J connectivity index is 0.00000280. The highest BCUT2D eigenvalue weighted by molar-refractivity contribution is 7.22. The quantitative estimate of drug-likeness (QED) is 0.568. The fourth-order valence-electron chi connectivity index (χ4n) is 2.64. The molecule has 0 fully saturated rings. The van der Waals surface area contributed by atoms with Crippen molar-refractivity contribution < 1.29 is 18.0 Å². The lowest BCUT2D eigenvalue weighted by Gasteiger charge is -2.21. The van der Waals surface area contributed by atoms with Gasteiger partial charge in [-0.1, -0.05) is 11.3 Å². The molecule has 1 amide bonds. The molecule has 3 aromatic rings. The highest BCUT2D eigenvalue weighted by atomic mass is 35.5. The summed E-state index contributed by atoms with van der Waals surface area (Å²) in [6.07, 6.45) is 0.659. The summed E-state index contributed by atoms with van der Waals surface area (Å²) in [4.78, 5) is 20.6. The van der Waals surface area contributed by atoms with E-state index in [1.807, 2.05) is 19.0 Å². The van der Waals surface area contributed by atoms with Gasteiger partial charge in [0.15, 0.2) is 10.9 Å². The van der Waals surface area contributed by atoms with Crippen LogP contribution in [-0.2, 0) is 0 Å². The second kappa shape index (κ2) is 9.36. The molecule has 150 valence electrons. The summed E-state index contributed by atoms with van der Waals surface area (Å²) in [5.74, 6) is -2.27. The second-order valence-corrected chi connectivity index (χ2v) is 7.36. The highest BCUT2D eigenvalue weighted by Gasteiger charge is 2.22. The Hall–Kier alpha value is -2.16. The number of thiazole rings is 1. The van der Waals surface area contributed by atoms with Crippen LogP contribution in [0.4, 0.5) is 18.3 Å². The lowest BCUT2D eigenvalue weighted by atomic mass is 10.2. The molecule has 28 heavy (non-hydrogen) atoms. The van der Waals surface area contributed by atoms with E-state index in [-0.39, 0.29) is 29.0 Å². The zero-order valence-corrected chi connectivity index (χ0v) is 16.9. The van der Waals surface area contributed by atoms with Crippen LogP contribution in [0.2, 0.25) is 0 Å². The molecule has 1 aromatic heterocycles. The fraction of sp³-hybridized carbons (Fsp3) is 0.263. The number of benzene rings is 2. The van der Waals surface area contributed by atoms with E-state index in [1.165, 1.54) is 35.2 Å². The fourth-order valence-corrected chi connectivity index (χ4v) is 3.67. The van der Waals surface area contributed by atoms with Crippen molar-refractivity contribution >= 4 is 45.0 Å². The molecule has 9 heteroatoms. The predicted molar refractivity (Wildman–Crippen MR) is 108 cm³/mol. The van der Waals surface area contributed by atoms with Gasteiger partial charge in [-0.3, -0.25) is 9.69 Å². The Morgan fingerprint density at radius 3 is 2.36 bits per heavy atom. The Bertz CT molecular complexity index is 963. The van der Waals surface area contributed by atoms with E-state index in [1.54, 1.807) is 0 Å². The summed E-state index contributed by atoms with van der Waals surface area (Å²) in [5.41, 5.74) is 0.327. The van der Waals surface area contributed by atoms with Crippen molar-refractivity contribution in [1.82, 2.24) is 9.88 Å². The molecule has 0 radical (unpaired) electrons. The first-order valence-electron chi connectivity index (χ1n) is 8.33. The Morgan fingerprint density at radius 2 is 1.71 bits per heavy atom. The van der Waals surface area contributed by atoms with E-state index in [9.17, 15) is 18.0 Å². The van der Waals surface area contributed by atoms with Crippen LogP contribution in [0.15, 0.2) is 36.4 Å². The van der Waals surface area contributed by atoms with Crippen LogP contribution < -0.4 is 4.90 Å². The highest BCUT2D eigenvalue weighted by Crippen LogP contribution is 2.32. The third-order valence-corrected chi connectivity index (χ3v) is 4.98. The number of hydrogen-bond donors (Lipinski definition) is 0. The number of carbonyl (C=O) groups is 1. The summed E-state index contributed by atoms with van der Waals surface area (Å²) in [6.45, 7) is 1.08. The van der Waals surface area contributed by atoms with E-state index in [0.29, 0.717) is 23.2 Å². The van der Waals surface area contributed by atoms with Gasteiger partial charge >= 0.3 is 0 Å². The smallest absolute Gasteiger partial charge is 0.260 e. The Kier molecular flexibility index (Phi) is 7.40. The van der Waals surface area contributed by atoms with Gasteiger partial charge in [0, 0.05) is 18.2 Å². The van der Waals surface area contributed by atoms with Crippen molar-refractivity contribution in [2.75, 3.05) is 32.1 Å². The van der Waals surface area contributed by atoms with Crippen LogP contribution in [0, 0.1) is 17.5 Å². The SMILES string of the molecule is CN(C)CCCN(C(=O)c1ccc(F)cc1)c1nc2c(F)cc(F)cc2s1.Cl. The van der Waals surface area contributed by atoms with Crippen molar-refractivity contribution in [3.05, 3.63) is 59.4 Å². The van der Waals surface area contributed by atoms with Gasteiger partial charge in [0.1, 0.15) is 17.2 Å². The average molecular weight is 430 g/mol. The summed E-state index contributed by atoms with van der Waals surface area (Å²) >= 11 is 1.04. The van der Waals surface area contributed by atoms with Crippen LogP contribution in [0.3, 0.4) is 0 Å². The molecule has 0 N–H and O–H groups in total. The lowest BCUT2D eigenvalue weighted by Crippen LogP contribution is -2.33. The van der Waals surface area contributed by atoms with E-state index in [2.05, 4.69) is 4.98 Å². The van der Waals surface area contributed by atoms with Gasteiger partial charge in [0.25, 0.3) is 5.91 Å². The Morgan fingerprint density at radius 1 is 1.04 bits per heavy atom. The van der Waals surface area contributed by atoms with Crippen LogP contribution in [0.25, 0.3) is 10.2 Å². The molecule has 0 spiro atoms. The lowest BCUT2D eigenvalue weighted by molar-refractivity contribution is 0.0986. The van der Waals surface area contributed by atoms with Crippen molar-refractivity contribution in [1.29, 1.82) is 0 Å². The summed E-state index contributed by atoms with van der Waals surface area (Å²) < 4.78 is 41.0. The average Bonchev–Trinajstić information content (AvgIpc) is 3.02. The minimum absolute atomic E-state index is 0. The van der Waals surface area contributed by atoms with E-state index < -0.39 is 17.5 Å². The maximum atomic E-state index is 14.0. The van der Waals surface area contributed by atoms with Gasteiger partial charge in [-0.15, -0.1) is 12.4 Å². The number of aromatic nitrogens is 1. The maximum Gasteiger partial charge on any atom is 0.260 e. The third kappa shape index (κ3) is 5.01. The van der Waals surface area contributed by atoms with Crippen molar-refractivity contribution in [3.8, 4) is 0 Å². The molecule has 0 aliphatic rings. The molecular formula is C19H19ClF3N3OS. The molecule has 0 bridgehead atoms. The topological polar surface area (TPSA) is 36.4 Å². The minimum atomic E-state index is -0.769. The number of hydrogen-bond acceptors (Lipinski definition) is 4. The number of nitrogens with zero attached hydrogens (tertiary/aromatic N) is 3. The van der Waals surface area contributed by atoms with Gasteiger partial charge < -0.3 is 4.90 Å². The number of carbonyl (C=O) groups excluding carboxylic acids is 1. The zero-order chi connectivity index (χ0) is 19.6. The minimum Gasteiger partial charge on any atom is -0.309 e. The number of halogens is 4. The van der Waals surface area contributed by atoms with Gasteiger partial charge in [-0.2, -0.15) is 0 Å². The van der Waals surface area contributed by atoms with Crippen LogP contribution >= 0.6 is 23.7 Å². The van der Waals surface area contributed by atoms with Gasteiger partial charge in [0.05, 0.1) is 4.70 Å². The number of amides is 1. The maximum absolute atomic E-state index is 14.0. The Labute approximate surface area is 171 Å². The molecular weight excluding hydrogens is 411 g/mol. The molecule has 0 saturated heterocycles. The summed E-state index contributed by atoms with van der Waals surface area (Å²) in [5, 5.41) is 0.280. The zero-order valence-electron chi connectivity index (χ0n) is 15.3. The second-order valence-electron chi connectivity index (χ2n) is 6.35.